The van der Waals surface area contributed by atoms with Crippen molar-refractivity contribution in [3.05, 3.63) is 35.9 Å². The van der Waals surface area contributed by atoms with Gasteiger partial charge in [0.2, 0.25) is 10.0 Å². The van der Waals surface area contributed by atoms with Gasteiger partial charge in [0, 0.05) is 24.7 Å². The zero-order chi connectivity index (χ0) is 24.8. The van der Waals surface area contributed by atoms with E-state index < -0.39 is 21.0 Å². The SMILES string of the molecule is CC.CN(C)CCS(=O)(=O)N1[C@@H]2CC[C@H]1CC([C@H](Cc1ccccc1)N[S@@](=O)C(C)(C)C)C2. The van der Waals surface area contributed by atoms with Crippen LogP contribution in [0.2, 0.25) is 0 Å². The molecular weight excluding hydrogens is 454 g/mol. The number of fused-ring (bicyclic) bond motifs is 2. The van der Waals surface area contributed by atoms with E-state index in [1.807, 2.05) is 76.1 Å². The topological polar surface area (TPSA) is 69.7 Å². The van der Waals surface area contributed by atoms with E-state index in [1.165, 1.54) is 5.56 Å². The molecule has 0 aromatic heterocycles. The molecule has 2 aliphatic heterocycles. The molecule has 2 fully saturated rings. The van der Waals surface area contributed by atoms with Crippen LogP contribution in [0.5, 0.6) is 0 Å². The van der Waals surface area contributed by atoms with Crippen LogP contribution >= 0.6 is 0 Å². The van der Waals surface area contributed by atoms with E-state index in [1.54, 1.807) is 0 Å². The molecule has 0 radical (unpaired) electrons. The van der Waals surface area contributed by atoms with E-state index in [9.17, 15) is 12.6 Å². The molecule has 3 rings (SSSR count). The number of rotatable bonds is 9. The van der Waals surface area contributed by atoms with Gasteiger partial charge in [0.05, 0.1) is 21.5 Å². The second-order valence-corrected chi connectivity index (χ2v) is 14.4. The quantitative estimate of drug-likeness (QED) is 0.561. The lowest BCUT2D eigenvalue weighted by Gasteiger charge is -2.41. The van der Waals surface area contributed by atoms with Crippen molar-refractivity contribution in [2.24, 2.45) is 5.92 Å². The smallest absolute Gasteiger partial charge is 0.215 e. The molecule has 6 nitrogen and oxygen atoms in total. The van der Waals surface area contributed by atoms with Crippen LogP contribution in [-0.4, -0.2) is 71.1 Å². The summed E-state index contributed by atoms with van der Waals surface area (Å²) in [4.78, 5) is 1.92. The lowest BCUT2D eigenvalue weighted by atomic mass is 9.84. The van der Waals surface area contributed by atoms with Crippen LogP contribution in [0.3, 0.4) is 0 Å². The van der Waals surface area contributed by atoms with E-state index >= 15 is 0 Å². The molecular formula is C25H45N3O3S2. The Balaban J connectivity index is 0.00000187. The maximum atomic E-state index is 13.1. The molecule has 2 saturated heterocycles. The fraction of sp³-hybridized carbons (Fsp3) is 0.760. The van der Waals surface area contributed by atoms with Crippen LogP contribution in [0.25, 0.3) is 0 Å². The first-order chi connectivity index (χ1) is 15.5. The van der Waals surface area contributed by atoms with Crippen LogP contribution < -0.4 is 4.72 Å². The minimum Gasteiger partial charge on any atom is -0.308 e. The van der Waals surface area contributed by atoms with E-state index in [0.717, 1.165) is 32.1 Å². The fourth-order valence-electron chi connectivity index (χ4n) is 4.85. The second kappa shape index (κ2) is 12.2. The van der Waals surface area contributed by atoms with Gasteiger partial charge in [-0.3, -0.25) is 0 Å². The van der Waals surface area contributed by atoms with Gasteiger partial charge >= 0.3 is 0 Å². The zero-order valence-electron chi connectivity index (χ0n) is 21.6. The number of hydrogen-bond donors (Lipinski definition) is 1. The first kappa shape index (κ1) is 28.4. The van der Waals surface area contributed by atoms with E-state index in [-0.39, 0.29) is 28.6 Å². The summed E-state index contributed by atoms with van der Waals surface area (Å²) >= 11 is 0. The van der Waals surface area contributed by atoms with Gasteiger partial charge in [-0.1, -0.05) is 44.2 Å². The molecule has 0 amide bonds. The van der Waals surface area contributed by atoms with Crippen molar-refractivity contribution in [2.45, 2.75) is 89.6 Å². The molecule has 1 aromatic carbocycles. The Kier molecular flexibility index (Phi) is 10.6. The summed E-state index contributed by atoms with van der Waals surface area (Å²) in [5, 5.41) is 0. The van der Waals surface area contributed by atoms with Crippen molar-refractivity contribution in [3.63, 3.8) is 0 Å². The van der Waals surface area contributed by atoms with Crippen LogP contribution in [-0.2, 0) is 27.4 Å². The van der Waals surface area contributed by atoms with Gasteiger partial charge in [-0.15, -0.1) is 0 Å². The molecule has 33 heavy (non-hydrogen) atoms. The largest absolute Gasteiger partial charge is 0.308 e. The molecule has 5 atom stereocenters. The van der Waals surface area contributed by atoms with Crippen LogP contribution in [0.1, 0.15) is 65.9 Å². The van der Waals surface area contributed by atoms with Crippen molar-refractivity contribution in [2.75, 3.05) is 26.4 Å². The third-order valence-corrected chi connectivity index (χ3v) is 10.1. The first-order valence-electron chi connectivity index (χ1n) is 12.4. The Morgan fingerprint density at radius 2 is 1.64 bits per heavy atom. The molecule has 8 heteroatoms. The third kappa shape index (κ3) is 7.85. The Morgan fingerprint density at radius 1 is 1.09 bits per heavy atom. The molecule has 2 aliphatic rings. The maximum Gasteiger partial charge on any atom is 0.215 e. The second-order valence-electron chi connectivity index (χ2n) is 10.4. The van der Waals surface area contributed by atoms with Crippen molar-refractivity contribution >= 4 is 21.0 Å². The average molecular weight is 500 g/mol. The van der Waals surface area contributed by atoms with Gasteiger partial charge in [-0.05, 0) is 78.5 Å². The third-order valence-electron chi connectivity index (χ3n) is 6.50. The predicted molar refractivity (Wildman–Crippen MR) is 140 cm³/mol. The zero-order valence-corrected chi connectivity index (χ0v) is 23.2. The maximum absolute atomic E-state index is 13.1. The van der Waals surface area contributed by atoms with Crippen LogP contribution in [0.4, 0.5) is 0 Å². The minimum atomic E-state index is -3.26. The lowest BCUT2D eigenvalue weighted by molar-refractivity contribution is 0.166. The Bertz CT molecular complexity index is 839. The van der Waals surface area contributed by atoms with Crippen LogP contribution in [0, 0.1) is 5.92 Å². The van der Waals surface area contributed by atoms with Gasteiger partial charge in [-0.25, -0.2) is 17.3 Å². The Morgan fingerprint density at radius 3 is 2.12 bits per heavy atom. The highest BCUT2D eigenvalue weighted by atomic mass is 32.2. The normalized spacial score (nSPS) is 25.4. The molecule has 1 unspecified atom stereocenters. The van der Waals surface area contributed by atoms with Gasteiger partial charge < -0.3 is 4.90 Å². The Labute approximate surface area is 205 Å². The highest BCUT2D eigenvalue weighted by molar-refractivity contribution is 7.89. The van der Waals surface area contributed by atoms with Gasteiger partial charge in [0.1, 0.15) is 0 Å². The minimum absolute atomic E-state index is 0.0668. The Hall–Kier alpha value is -0.800. The highest BCUT2D eigenvalue weighted by Gasteiger charge is 2.48. The van der Waals surface area contributed by atoms with Crippen molar-refractivity contribution in [1.82, 2.24) is 13.9 Å². The number of sulfonamides is 1. The predicted octanol–water partition coefficient (Wildman–Crippen LogP) is 3.81. The van der Waals surface area contributed by atoms with Crippen molar-refractivity contribution in [1.29, 1.82) is 0 Å². The number of hydrogen-bond acceptors (Lipinski definition) is 4. The van der Waals surface area contributed by atoms with Gasteiger partial charge in [0.15, 0.2) is 0 Å². The van der Waals surface area contributed by atoms with Crippen LogP contribution in [0.15, 0.2) is 30.3 Å². The van der Waals surface area contributed by atoms with Crippen molar-refractivity contribution in [3.8, 4) is 0 Å². The standard InChI is InChI=1S/C23H39N3O3S2.C2H6/c1-23(2,3)30(27)24-22(15-18-9-7-6-8-10-18)19-16-20-11-12-21(17-19)26(20)31(28,29)14-13-25(4)5;1-2/h6-10,19-22,24H,11-17H2,1-5H3;1-2H3/t19?,20-,21+,22-,30-;/m0./s1. The number of piperidine rings is 1. The monoisotopic (exact) mass is 499 g/mol. The molecule has 0 aliphatic carbocycles. The molecule has 0 spiro atoms. The number of nitrogens with one attached hydrogen (secondary N) is 1. The molecule has 1 N–H and O–H groups in total. The summed E-state index contributed by atoms with van der Waals surface area (Å²) in [7, 11) is -0.607. The summed E-state index contributed by atoms with van der Waals surface area (Å²) in [6, 6.07) is 10.5. The van der Waals surface area contributed by atoms with E-state index in [2.05, 4.69) is 16.9 Å². The lowest BCUT2D eigenvalue weighted by Crippen LogP contribution is -2.53. The molecule has 2 bridgehead atoms. The summed E-state index contributed by atoms with van der Waals surface area (Å²) in [5.74, 6) is 0.488. The van der Waals surface area contributed by atoms with Gasteiger partial charge in [-0.2, -0.15) is 4.31 Å². The summed E-state index contributed by atoms with van der Waals surface area (Å²) in [5.41, 5.74) is 1.22. The summed E-state index contributed by atoms with van der Waals surface area (Å²) in [6.45, 7) is 10.5. The molecule has 0 saturated carbocycles. The summed E-state index contributed by atoms with van der Waals surface area (Å²) in [6.07, 6.45) is 4.35. The van der Waals surface area contributed by atoms with Gasteiger partial charge in [0.25, 0.3) is 0 Å². The summed E-state index contributed by atoms with van der Waals surface area (Å²) < 4.78 is 44.0. The number of nitrogens with zero attached hydrogens (tertiary/aromatic N) is 2. The van der Waals surface area contributed by atoms with Crippen molar-refractivity contribution < 1.29 is 12.6 Å². The molecule has 190 valence electrons. The van der Waals surface area contributed by atoms with E-state index in [4.69, 9.17) is 0 Å². The fourth-order valence-corrected chi connectivity index (χ4v) is 7.85. The van der Waals surface area contributed by atoms with E-state index in [0.29, 0.717) is 12.5 Å². The number of benzene rings is 1. The molecule has 2 heterocycles. The molecule has 1 aromatic rings. The average Bonchev–Trinajstić information content (AvgIpc) is 3.04. The highest BCUT2D eigenvalue weighted by Crippen LogP contribution is 2.42. The first-order valence-corrected chi connectivity index (χ1v) is 15.1.